The Balaban J connectivity index is 2.38. The Morgan fingerprint density at radius 3 is 2.69 bits per heavy atom. The number of carbonyl (C=O) groups excluding carboxylic acids is 2. The van der Waals surface area contributed by atoms with Crippen molar-refractivity contribution in [3.8, 4) is 0 Å². The number of aryl methyl sites for hydroxylation is 1. The Labute approximate surface area is 92.8 Å². The molecule has 1 N–H and O–H groups in total. The fourth-order valence-corrected chi connectivity index (χ4v) is 2.10. The third-order valence-corrected chi connectivity index (χ3v) is 2.83. The van der Waals surface area contributed by atoms with Gasteiger partial charge in [0.15, 0.2) is 0 Å². The molecule has 0 fully saturated rings. The number of rotatable bonds is 2. The van der Waals surface area contributed by atoms with Crippen LogP contribution in [-0.4, -0.2) is 23.7 Å². The number of aliphatic hydroxyl groups is 1. The van der Waals surface area contributed by atoms with Crippen molar-refractivity contribution in [1.82, 2.24) is 0 Å². The molecule has 1 unspecified atom stereocenters. The van der Waals surface area contributed by atoms with Gasteiger partial charge in [-0.2, -0.15) is 0 Å². The Hall–Kier alpha value is -1.68. The number of hydrogen-bond donors (Lipinski definition) is 1. The highest BCUT2D eigenvalue weighted by molar-refractivity contribution is 5.94. The molecule has 1 aliphatic rings. The average molecular weight is 220 g/mol. The Morgan fingerprint density at radius 1 is 1.44 bits per heavy atom. The summed E-state index contributed by atoms with van der Waals surface area (Å²) in [5.41, 5.74) is 3.17. The molecule has 1 aromatic carbocycles. The molecule has 0 bridgehead atoms. The van der Waals surface area contributed by atoms with Crippen LogP contribution in [0.2, 0.25) is 0 Å². The number of aliphatic hydroxyl groups excluding tert-OH is 1. The molecule has 0 amide bonds. The maximum Gasteiger partial charge on any atom is 0.345 e. The van der Waals surface area contributed by atoms with E-state index in [-0.39, 0.29) is 12.6 Å². The van der Waals surface area contributed by atoms with E-state index in [9.17, 15) is 14.7 Å². The van der Waals surface area contributed by atoms with Crippen molar-refractivity contribution in [2.75, 3.05) is 0 Å². The number of ether oxygens (including phenoxy) is 1. The van der Waals surface area contributed by atoms with Crippen LogP contribution in [0.15, 0.2) is 12.1 Å². The summed E-state index contributed by atoms with van der Waals surface area (Å²) in [4.78, 5) is 21.5. The summed E-state index contributed by atoms with van der Waals surface area (Å²) < 4.78 is 4.31. The molecule has 0 heterocycles. The summed E-state index contributed by atoms with van der Waals surface area (Å²) in [5.74, 6) is -0.642. The van der Waals surface area contributed by atoms with Crippen LogP contribution in [0, 0.1) is 6.92 Å². The molecule has 1 aliphatic carbocycles. The highest BCUT2D eigenvalue weighted by Gasteiger charge is 2.22. The number of esters is 1. The van der Waals surface area contributed by atoms with Crippen molar-refractivity contribution in [2.24, 2.45) is 0 Å². The van der Waals surface area contributed by atoms with Gasteiger partial charge in [-0.15, -0.1) is 0 Å². The second-order valence-electron chi connectivity index (χ2n) is 4.00. The van der Waals surface area contributed by atoms with E-state index in [0.717, 1.165) is 16.7 Å². The quantitative estimate of drug-likeness (QED) is 0.454. The molecule has 0 saturated heterocycles. The zero-order valence-corrected chi connectivity index (χ0v) is 8.90. The molecule has 16 heavy (non-hydrogen) atoms. The normalized spacial score (nSPS) is 18.0. The fraction of sp³-hybridized carbons (Fsp3) is 0.333. The molecule has 84 valence electrons. The molecule has 4 heteroatoms. The van der Waals surface area contributed by atoms with Crippen molar-refractivity contribution in [1.29, 1.82) is 0 Å². The SMILES string of the molecule is Cc1cc2c(cc1C(=O)OC=O)CC(O)C2. The molecule has 2 rings (SSSR count). The standard InChI is InChI=1S/C12H12O4/c1-7-2-8-3-10(14)4-9(8)5-11(7)12(15)16-6-13/h2,5-6,10,14H,3-4H2,1H3. The van der Waals surface area contributed by atoms with Gasteiger partial charge in [-0.25, -0.2) is 4.79 Å². The molecule has 0 saturated carbocycles. The van der Waals surface area contributed by atoms with Crippen molar-refractivity contribution in [2.45, 2.75) is 25.9 Å². The minimum atomic E-state index is -0.642. The first-order valence-electron chi connectivity index (χ1n) is 5.07. The van der Waals surface area contributed by atoms with Crippen LogP contribution >= 0.6 is 0 Å². The van der Waals surface area contributed by atoms with Crippen LogP contribution in [0.1, 0.15) is 27.0 Å². The molecule has 0 radical (unpaired) electrons. The lowest BCUT2D eigenvalue weighted by Crippen LogP contribution is -2.06. The Morgan fingerprint density at radius 2 is 2.06 bits per heavy atom. The van der Waals surface area contributed by atoms with E-state index in [0.29, 0.717) is 18.4 Å². The topological polar surface area (TPSA) is 63.6 Å². The maximum absolute atomic E-state index is 11.4. The smallest absolute Gasteiger partial charge is 0.345 e. The number of fused-ring (bicyclic) bond motifs is 1. The second kappa shape index (κ2) is 4.06. The van der Waals surface area contributed by atoms with Crippen LogP contribution in [0.25, 0.3) is 0 Å². The zero-order valence-electron chi connectivity index (χ0n) is 8.90. The monoisotopic (exact) mass is 220 g/mol. The van der Waals surface area contributed by atoms with Crippen molar-refractivity contribution >= 4 is 12.4 Å². The molecule has 1 atom stereocenters. The first-order valence-corrected chi connectivity index (χ1v) is 5.07. The third kappa shape index (κ3) is 1.84. The fourth-order valence-electron chi connectivity index (χ4n) is 2.10. The summed E-state index contributed by atoms with van der Waals surface area (Å²) in [7, 11) is 0. The van der Waals surface area contributed by atoms with E-state index in [2.05, 4.69) is 4.74 Å². The summed E-state index contributed by atoms with van der Waals surface area (Å²) >= 11 is 0. The minimum Gasteiger partial charge on any atom is -0.392 e. The second-order valence-corrected chi connectivity index (χ2v) is 4.00. The van der Waals surface area contributed by atoms with Gasteiger partial charge in [-0.1, -0.05) is 6.07 Å². The van der Waals surface area contributed by atoms with E-state index in [4.69, 9.17) is 0 Å². The van der Waals surface area contributed by atoms with Crippen LogP contribution < -0.4 is 0 Å². The van der Waals surface area contributed by atoms with Gasteiger partial charge in [0.05, 0.1) is 11.7 Å². The third-order valence-electron chi connectivity index (χ3n) is 2.83. The molecule has 4 nitrogen and oxygen atoms in total. The molecule has 0 aliphatic heterocycles. The van der Waals surface area contributed by atoms with Crippen LogP contribution in [0.5, 0.6) is 0 Å². The number of benzene rings is 1. The average Bonchev–Trinajstić information content (AvgIpc) is 2.56. The van der Waals surface area contributed by atoms with Crippen LogP contribution in [-0.2, 0) is 22.4 Å². The van der Waals surface area contributed by atoms with Gasteiger partial charge < -0.3 is 9.84 Å². The van der Waals surface area contributed by atoms with Gasteiger partial charge in [-0.3, -0.25) is 4.79 Å². The van der Waals surface area contributed by atoms with E-state index in [1.54, 1.807) is 13.0 Å². The highest BCUT2D eigenvalue weighted by atomic mass is 16.6. The summed E-state index contributed by atoms with van der Waals surface area (Å²) in [6, 6.07) is 3.57. The van der Waals surface area contributed by atoms with Gasteiger partial charge >= 0.3 is 12.4 Å². The molecular formula is C12H12O4. The van der Waals surface area contributed by atoms with E-state index in [1.165, 1.54) is 0 Å². The van der Waals surface area contributed by atoms with Gasteiger partial charge in [0.1, 0.15) is 0 Å². The van der Waals surface area contributed by atoms with Crippen molar-refractivity contribution in [3.63, 3.8) is 0 Å². The van der Waals surface area contributed by atoms with E-state index in [1.807, 2.05) is 6.07 Å². The first-order chi connectivity index (χ1) is 7.61. The molecule has 0 aromatic heterocycles. The lowest BCUT2D eigenvalue weighted by atomic mass is 10.0. The zero-order chi connectivity index (χ0) is 11.7. The van der Waals surface area contributed by atoms with E-state index < -0.39 is 5.97 Å². The van der Waals surface area contributed by atoms with Gasteiger partial charge in [0, 0.05) is 0 Å². The lowest BCUT2D eigenvalue weighted by molar-refractivity contribution is -0.123. The van der Waals surface area contributed by atoms with Crippen LogP contribution in [0.3, 0.4) is 0 Å². The van der Waals surface area contributed by atoms with Gasteiger partial charge in [0.25, 0.3) is 0 Å². The number of carbonyl (C=O) groups is 2. The van der Waals surface area contributed by atoms with Crippen molar-refractivity contribution in [3.05, 3.63) is 34.4 Å². The Kier molecular flexibility index (Phi) is 2.75. The summed E-state index contributed by atoms with van der Waals surface area (Å²) in [5, 5.41) is 9.50. The largest absolute Gasteiger partial charge is 0.392 e. The van der Waals surface area contributed by atoms with E-state index >= 15 is 0 Å². The predicted molar refractivity (Wildman–Crippen MR) is 56.1 cm³/mol. The van der Waals surface area contributed by atoms with Crippen molar-refractivity contribution < 1.29 is 19.4 Å². The first kappa shape index (κ1) is 10.8. The Bertz CT molecular complexity index is 451. The lowest BCUT2D eigenvalue weighted by Gasteiger charge is -2.06. The molecular weight excluding hydrogens is 208 g/mol. The minimum absolute atomic E-state index is 0.129. The summed E-state index contributed by atoms with van der Waals surface area (Å²) in [6.45, 7) is 1.91. The summed E-state index contributed by atoms with van der Waals surface area (Å²) in [6.07, 6.45) is 0.808. The molecule has 0 spiro atoms. The highest BCUT2D eigenvalue weighted by Crippen LogP contribution is 2.26. The van der Waals surface area contributed by atoms with Gasteiger partial charge in [0.2, 0.25) is 0 Å². The predicted octanol–water partition coefficient (Wildman–Crippen LogP) is 0.768. The van der Waals surface area contributed by atoms with Crippen LogP contribution in [0.4, 0.5) is 0 Å². The maximum atomic E-state index is 11.4. The number of hydrogen-bond acceptors (Lipinski definition) is 4. The molecule has 1 aromatic rings. The van der Waals surface area contributed by atoms with Gasteiger partial charge in [-0.05, 0) is 42.5 Å².